The minimum absolute atomic E-state index is 0.113. The molecule has 0 radical (unpaired) electrons. The molecule has 1 aliphatic heterocycles. The number of fused-ring (bicyclic) bond motifs is 1. The normalized spacial score (nSPS) is 17.9. The van der Waals surface area contributed by atoms with Gasteiger partial charge in [-0.2, -0.15) is 0 Å². The molecule has 0 spiro atoms. The van der Waals surface area contributed by atoms with Crippen molar-refractivity contribution < 1.29 is 4.74 Å². The maximum Gasteiger partial charge on any atom is 0.123 e. The largest absolute Gasteiger partial charge is 0.488 e. The predicted octanol–water partition coefficient (Wildman–Crippen LogP) is 1.78. The fourth-order valence-corrected chi connectivity index (χ4v) is 2.44. The van der Waals surface area contributed by atoms with Crippen molar-refractivity contribution in [1.29, 1.82) is 0 Å². The van der Waals surface area contributed by atoms with Gasteiger partial charge in [0.25, 0.3) is 0 Å². The lowest BCUT2D eigenvalue weighted by atomic mass is 10.0. The van der Waals surface area contributed by atoms with E-state index in [1.807, 2.05) is 30.8 Å². The SMILES string of the molecule is Cc1ccc2c(c1)CC(Cn1cc(C(C)(C)N)nn1)O2. The first-order chi connectivity index (χ1) is 9.41. The second kappa shape index (κ2) is 4.59. The van der Waals surface area contributed by atoms with E-state index in [0.29, 0.717) is 6.54 Å². The number of aromatic nitrogens is 3. The molecule has 1 aromatic carbocycles. The van der Waals surface area contributed by atoms with E-state index in [0.717, 1.165) is 17.9 Å². The summed E-state index contributed by atoms with van der Waals surface area (Å²) in [5.41, 5.74) is 8.89. The minimum atomic E-state index is -0.463. The predicted molar refractivity (Wildman–Crippen MR) is 76.5 cm³/mol. The average Bonchev–Trinajstić information content (AvgIpc) is 2.94. The van der Waals surface area contributed by atoms with Gasteiger partial charge in [0.05, 0.1) is 18.3 Å². The van der Waals surface area contributed by atoms with Crippen molar-refractivity contribution in [3.63, 3.8) is 0 Å². The molecule has 0 saturated heterocycles. The molecule has 0 aliphatic carbocycles. The number of benzene rings is 1. The van der Waals surface area contributed by atoms with Gasteiger partial charge in [-0.1, -0.05) is 22.9 Å². The van der Waals surface area contributed by atoms with Crippen LogP contribution in [0.4, 0.5) is 0 Å². The van der Waals surface area contributed by atoms with E-state index in [2.05, 4.69) is 29.4 Å². The van der Waals surface area contributed by atoms with Gasteiger partial charge in [-0.25, -0.2) is 4.68 Å². The van der Waals surface area contributed by atoms with Crippen molar-refractivity contribution in [2.75, 3.05) is 0 Å². The van der Waals surface area contributed by atoms with E-state index in [1.54, 1.807) is 0 Å². The molecule has 0 saturated carbocycles. The number of nitrogens with zero attached hydrogens (tertiary/aromatic N) is 3. The van der Waals surface area contributed by atoms with Crippen LogP contribution in [0.5, 0.6) is 5.75 Å². The summed E-state index contributed by atoms with van der Waals surface area (Å²) in [6.45, 7) is 6.63. The average molecular weight is 272 g/mol. The van der Waals surface area contributed by atoms with Crippen molar-refractivity contribution in [3.05, 3.63) is 41.2 Å². The lowest BCUT2D eigenvalue weighted by molar-refractivity contribution is 0.202. The first kappa shape index (κ1) is 13.1. The number of hydrogen-bond acceptors (Lipinski definition) is 4. The third kappa shape index (κ3) is 2.54. The summed E-state index contributed by atoms with van der Waals surface area (Å²) >= 11 is 0. The Morgan fingerprint density at radius 2 is 2.25 bits per heavy atom. The second-order valence-corrected chi connectivity index (χ2v) is 6.10. The molecule has 2 aromatic rings. The van der Waals surface area contributed by atoms with Crippen LogP contribution in [-0.4, -0.2) is 21.1 Å². The highest BCUT2D eigenvalue weighted by Crippen LogP contribution is 2.30. The molecular formula is C15H20N4O. The van der Waals surface area contributed by atoms with Crippen LogP contribution >= 0.6 is 0 Å². The molecule has 5 nitrogen and oxygen atoms in total. The Balaban J connectivity index is 1.70. The van der Waals surface area contributed by atoms with E-state index in [4.69, 9.17) is 10.5 Å². The summed E-state index contributed by atoms with van der Waals surface area (Å²) in [6, 6.07) is 6.30. The van der Waals surface area contributed by atoms with Gasteiger partial charge in [0.15, 0.2) is 0 Å². The molecule has 2 N–H and O–H groups in total. The van der Waals surface area contributed by atoms with Crippen LogP contribution < -0.4 is 10.5 Å². The van der Waals surface area contributed by atoms with Crippen LogP contribution in [0.15, 0.2) is 24.4 Å². The van der Waals surface area contributed by atoms with Crippen molar-refractivity contribution in [1.82, 2.24) is 15.0 Å². The summed E-state index contributed by atoms with van der Waals surface area (Å²) in [5, 5.41) is 8.26. The number of ether oxygens (including phenoxy) is 1. The van der Waals surface area contributed by atoms with Gasteiger partial charge >= 0.3 is 0 Å². The Bertz CT molecular complexity index is 627. The fraction of sp³-hybridized carbons (Fsp3) is 0.467. The van der Waals surface area contributed by atoms with Crippen molar-refractivity contribution in [3.8, 4) is 5.75 Å². The molecule has 1 aromatic heterocycles. The van der Waals surface area contributed by atoms with Crippen molar-refractivity contribution >= 4 is 0 Å². The first-order valence-corrected chi connectivity index (χ1v) is 6.87. The van der Waals surface area contributed by atoms with Gasteiger partial charge in [-0.05, 0) is 32.4 Å². The zero-order chi connectivity index (χ0) is 14.3. The third-order valence-corrected chi connectivity index (χ3v) is 3.55. The maximum absolute atomic E-state index is 6.02. The molecule has 5 heteroatoms. The summed E-state index contributed by atoms with van der Waals surface area (Å²) in [4.78, 5) is 0. The monoisotopic (exact) mass is 272 g/mol. The van der Waals surface area contributed by atoms with Crippen LogP contribution in [-0.2, 0) is 18.5 Å². The van der Waals surface area contributed by atoms with Gasteiger partial charge in [0.2, 0.25) is 0 Å². The van der Waals surface area contributed by atoms with E-state index in [-0.39, 0.29) is 6.10 Å². The van der Waals surface area contributed by atoms with Crippen LogP contribution in [0.3, 0.4) is 0 Å². The van der Waals surface area contributed by atoms with Crippen LogP contribution in [0, 0.1) is 6.92 Å². The summed E-state index contributed by atoms with van der Waals surface area (Å²) in [6.07, 6.45) is 2.93. The molecule has 1 unspecified atom stereocenters. The molecule has 0 amide bonds. The van der Waals surface area contributed by atoms with Gasteiger partial charge < -0.3 is 10.5 Å². The van der Waals surface area contributed by atoms with Crippen molar-refractivity contribution in [2.24, 2.45) is 5.73 Å². The number of rotatable bonds is 3. The fourth-order valence-electron chi connectivity index (χ4n) is 2.44. The molecule has 1 atom stereocenters. The summed E-state index contributed by atoms with van der Waals surface area (Å²) in [7, 11) is 0. The Morgan fingerprint density at radius 1 is 1.45 bits per heavy atom. The second-order valence-electron chi connectivity index (χ2n) is 6.10. The highest BCUT2D eigenvalue weighted by Gasteiger charge is 2.25. The topological polar surface area (TPSA) is 66.0 Å². The summed E-state index contributed by atoms with van der Waals surface area (Å²) in [5.74, 6) is 0.986. The quantitative estimate of drug-likeness (QED) is 0.925. The Morgan fingerprint density at radius 3 is 2.95 bits per heavy atom. The molecule has 20 heavy (non-hydrogen) atoms. The van der Waals surface area contributed by atoms with Crippen LogP contribution in [0.25, 0.3) is 0 Å². The third-order valence-electron chi connectivity index (χ3n) is 3.55. The molecular weight excluding hydrogens is 252 g/mol. The zero-order valence-corrected chi connectivity index (χ0v) is 12.1. The summed E-state index contributed by atoms with van der Waals surface area (Å²) < 4.78 is 7.75. The first-order valence-electron chi connectivity index (χ1n) is 6.87. The maximum atomic E-state index is 6.02. The minimum Gasteiger partial charge on any atom is -0.488 e. The van der Waals surface area contributed by atoms with E-state index >= 15 is 0 Å². The number of nitrogens with two attached hydrogens (primary N) is 1. The number of hydrogen-bond donors (Lipinski definition) is 1. The van der Waals surface area contributed by atoms with E-state index in [1.165, 1.54) is 11.1 Å². The Kier molecular flexibility index (Phi) is 3.01. The molecule has 3 rings (SSSR count). The van der Waals surface area contributed by atoms with Crippen molar-refractivity contribution in [2.45, 2.75) is 45.4 Å². The Hall–Kier alpha value is -1.88. The standard InChI is InChI=1S/C15H20N4O/c1-10-4-5-13-11(6-10)7-12(20-13)8-19-9-14(17-18-19)15(2,3)16/h4-6,9,12H,7-8,16H2,1-3H3. The lowest BCUT2D eigenvalue weighted by Gasteiger charge is -2.13. The van der Waals surface area contributed by atoms with E-state index in [9.17, 15) is 0 Å². The van der Waals surface area contributed by atoms with Gasteiger partial charge in [-0.3, -0.25) is 0 Å². The smallest absolute Gasteiger partial charge is 0.123 e. The van der Waals surface area contributed by atoms with Gasteiger partial charge in [-0.15, -0.1) is 5.10 Å². The highest BCUT2D eigenvalue weighted by atomic mass is 16.5. The van der Waals surface area contributed by atoms with Crippen LogP contribution in [0.2, 0.25) is 0 Å². The van der Waals surface area contributed by atoms with Crippen LogP contribution in [0.1, 0.15) is 30.7 Å². The molecule has 0 bridgehead atoms. The lowest BCUT2D eigenvalue weighted by Crippen LogP contribution is -2.29. The molecule has 106 valence electrons. The van der Waals surface area contributed by atoms with Gasteiger partial charge in [0.1, 0.15) is 17.5 Å². The number of aryl methyl sites for hydroxylation is 1. The highest BCUT2D eigenvalue weighted by molar-refractivity contribution is 5.40. The zero-order valence-electron chi connectivity index (χ0n) is 12.1. The Labute approximate surface area is 118 Å². The van der Waals surface area contributed by atoms with E-state index < -0.39 is 5.54 Å². The van der Waals surface area contributed by atoms with Gasteiger partial charge in [0, 0.05) is 6.42 Å². The molecule has 2 heterocycles. The molecule has 1 aliphatic rings. The molecule has 0 fully saturated rings.